The Morgan fingerprint density at radius 2 is 2.06 bits per heavy atom. The smallest absolute Gasteiger partial charge is 0.265 e. The van der Waals surface area contributed by atoms with E-state index in [1.807, 2.05) is 25.7 Å². The van der Waals surface area contributed by atoms with Gasteiger partial charge in [0.2, 0.25) is 0 Å². The summed E-state index contributed by atoms with van der Waals surface area (Å²) in [5.41, 5.74) is 0.906. The summed E-state index contributed by atoms with van der Waals surface area (Å²) in [4.78, 5) is 19.4. The molecule has 0 bridgehead atoms. The molecule has 0 spiro atoms. The van der Waals surface area contributed by atoms with Crippen molar-refractivity contribution in [1.29, 1.82) is 0 Å². The van der Waals surface area contributed by atoms with Gasteiger partial charge in [0.25, 0.3) is 5.91 Å². The minimum Gasteiger partial charge on any atom is -0.338 e. The highest BCUT2D eigenvalue weighted by molar-refractivity contribution is 7.13. The lowest BCUT2D eigenvalue weighted by Gasteiger charge is -2.17. The van der Waals surface area contributed by atoms with Gasteiger partial charge in [0, 0.05) is 19.0 Å². The minimum absolute atomic E-state index is 0.145. The number of aryl methyl sites for hydroxylation is 1. The molecule has 88 valence electrons. The maximum Gasteiger partial charge on any atom is 0.265 e. The Bertz CT molecular complexity index is 392. The van der Waals surface area contributed by atoms with Crippen molar-refractivity contribution in [1.82, 2.24) is 9.88 Å². The lowest BCUT2D eigenvalue weighted by Crippen LogP contribution is -2.30. The van der Waals surface area contributed by atoms with E-state index in [0.29, 0.717) is 5.92 Å². The average molecular weight is 238 g/mol. The monoisotopic (exact) mass is 238 g/mol. The van der Waals surface area contributed by atoms with Crippen LogP contribution in [0.5, 0.6) is 0 Å². The molecule has 1 amide bonds. The van der Waals surface area contributed by atoms with Crippen molar-refractivity contribution in [2.45, 2.75) is 39.5 Å². The Morgan fingerprint density at radius 1 is 1.44 bits per heavy atom. The Hall–Kier alpha value is -0.900. The van der Waals surface area contributed by atoms with E-state index in [1.54, 1.807) is 11.3 Å². The molecule has 2 rings (SSSR count). The molecule has 3 nitrogen and oxygen atoms in total. The number of rotatable bonds is 4. The van der Waals surface area contributed by atoms with Gasteiger partial charge in [0.05, 0.1) is 10.7 Å². The van der Waals surface area contributed by atoms with Crippen molar-refractivity contribution in [3.63, 3.8) is 0 Å². The molecule has 1 aromatic rings. The first-order chi connectivity index (χ1) is 7.67. The molecule has 0 aliphatic heterocycles. The molecule has 0 unspecified atom stereocenters. The second-order valence-electron chi connectivity index (χ2n) is 4.22. The van der Waals surface area contributed by atoms with Crippen LogP contribution in [-0.2, 0) is 0 Å². The first kappa shape index (κ1) is 11.6. The van der Waals surface area contributed by atoms with Gasteiger partial charge in [0.1, 0.15) is 4.88 Å². The molecular weight excluding hydrogens is 220 g/mol. The van der Waals surface area contributed by atoms with Crippen LogP contribution >= 0.6 is 11.3 Å². The first-order valence-corrected chi connectivity index (χ1v) is 6.75. The standard InChI is InChI=1S/C12H18N2OS/c1-4-14(5-2)12(15)10-8(3)13-11(16-10)9-6-7-9/h9H,4-7H2,1-3H3. The van der Waals surface area contributed by atoms with Gasteiger partial charge in [-0.1, -0.05) is 0 Å². The number of amides is 1. The quantitative estimate of drug-likeness (QED) is 0.808. The Morgan fingerprint density at radius 3 is 2.56 bits per heavy atom. The fraction of sp³-hybridized carbons (Fsp3) is 0.667. The number of aromatic nitrogens is 1. The van der Waals surface area contributed by atoms with E-state index in [9.17, 15) is 4.79 Å². The predicted molar refractivity (Wildman–Crippen MR) is 66.1 cm³/mol. The molecule has 1 aromatic heterocycles. The SMILES string of the molecule is CCN(CC)C(=O)c1sc(C2CC2)nc1C. The largest absolute Gasteiger partial charge is 0.338 e. The number of hydrogen-bond donors (Lipinski definition) is 0. The summed E-state index contributed by atoms with van der Waals surface area (Å²) in [7, 11) is 0. The van der Waals surface area contributed by atoms with Crippen LogP contribution in [0.2, 0.25) is 0 Å². The molecule has 1 fully saturated rings. The van der Waals surface area contributed by atoms with Crippen molar-refractivity contribution in [2.75, 3.05) is 13.1 Å². The maximum absolute atomic E-state index is 12.2. The topological polar surface area (TPSA) is 33.2 Å². The van der Waals surface area contributed by atoms with E-state index in [1.165, 1.54) is 12.8 Å². The summed E-state index contributed by atoms with van der Waals surface area (Å²) in [6, 6.07) is 0. The van der Waals surface area contributed by atoms with Crippen LogP contribution in [0.1, 0.15) is 53.0 Å². The highest BCUT2D eigenvalue weighted by Gasteiger charge is 2.29. The summed E-state index contributed by atoms with van der Waals surface area (Å²) in [6.45, 7) is 7.51. The lowest BCUT2D eigenvalue weighted by molar-refractivity contribution is 0.0777. The maximum atomic E-state index is 12.2. The van der Waals surface area contributed by atoms with Crippen molar-refractivity contribution in [3.8, 4) is 0 Å². The molecule has 0 aromatic carbocycles. The Balaban J connectivity index is 2.21. The van der Waals surface area contributed by atoms with Crippen LogP contribution in [0.25, 0.3) is 0 Å². The van der Waals surface area contributed by atoms with Crippen LogP contribution in [0.15, 0.2) is 0 Å². The fourth-order valence-electron chi connectivity index (χ4n) is 1.78. The highest BCUT2D eigenvalue weighted by Crippen LogP contribution is 2.42. The van der Waals surface area contributed by atoms with E-state index < -0.39 is 0 Å². The zero-order valence-corrected chi connectivity index (χ0v) is 10.9. The van der Waals surface area contributed by atoms with E-state index in [4.69, 9.17) is 0 Å². The number of carbonyl (C=O) groups excluding carboxylic acids is 1. The van der Waals surface area contributed by atoms with E-state index in [-0.39, 0.29) is 5.91 Å². The lowest BCUT2D eigenvalue weighted by atomic mass is 10.3. The van der Waals surface area contributed by atoms with Gasteiger partial charge >= 0.3 is 0 Å². The number of thiazole rings is 1. The summed E-state index contributed by atoms with van der Waals surface area (Å²) in [6.07, 6.45) is 2.48. The van der Waals surface area contributed by atoms with Crippen LogP contribution in [0, 0.1) is 6.92 Å². The average Bonchev–Trinajstić information content (AvgIpc) is 3.04. The number of nitrogens with zero attached hydrogens (tertiary/aromatic N) is 2. The van der Waals surface area contributed by atoms with Gasteiger partial charge in [-0.25, -0.2) is 4.98 Å². The van der Waals surface area contributed by atoms with Crippen molar-refractivity contribution >= 4 is 17.2 Å². The number of hydrogen-bond acceptors (Lipinski definition) is 3. The van der Waals surface area contributed by atoms with Crippen LogP contribution in [-0.4, -0.2) is 28.9 Å². The molecule has 0 saturated heterocycles. The number of carbonyl (C=O) groups is 1. The first-order valence-electron chi connectivity index (χ1n) is 5.94. The van der Waals surface area contributed by atoms with Crippen LogP contribution < -0.4 is 0 Å². The van der Waals surface area contributed by atoms with Crippen molar-refractivity contribution in [3.05, 3.63) is 15.6 Å². The fourth-order valence-corrected chi connectivity index (χ4v) is 2.98. The molecule has 1 aliphatic carbocycles. The van der Waals surface area contributed by atoms with Gasteiger partial charge in [-0.3, -0.25) is 4.79 Å². The van der Waals surface area contributed by atoms with Gasteiger partial charge in [0.15, 0.2) is 0 Å². The molecule has 16 heavy (non-hydrogen) atoms. The highest BCUT2D eigenvalue weighted by atomic mass is 32.1. The van der Waals surface area contributed by atoms with Crippen molar-refractivity contribution < 1.29 is 4.79 Å². The summed E-state index contributed by atoms with van der Waals surface area (Å²) >= 11 is 1.59. The molecule has 4 heteroatoms. The predicted octanol–water partition coefficient (Wildman–Crippen LogP) is 2.81. The second-order valence-corrected chi connectivity index (χ2v) is 5.25. The third kappa shape index (κ3) is 2.12. The third-order valence-electron chi connectivity index (χ3n) is 2.98. The summed E-state index contributed by atoms with van der Waals surface area (Å²) in [5, 5.41) is 1.16. The van der Waals surface area contributed by atoms with Crippen LogP contribution in [0.3, 0.4) is 0 Å². The van der Waals surface area contributed by atoms with Gasteiger partial charge in [-0.05, 0) is 33.6 Å². The normalized spacial score (nSPS) is 15.2. The molecule has 1 saturated carbocycles. The summed E-state index contributed by atoms with van der Waals surface area (Å²) in [5.74, 6) is 0.786. The van der Waals surface area contributed by atoms with Crippen LogP contribution in [0.4, 0.5) is 0 Å². The molecular formula is C12H18N2OS. The van der Waals surface area contributed by atoms with Gasteiger partial charge in [-0.15, -0.1) is 11.3 Å². The Labute approximate surface area is 100 Å². The van der Waals surface area contributed by atoms with Gasteiger partial charge < -0.3 is 4.90 Å². The van der Waals surface area contributed by atoms with Crippen molar-refractivity contribution in [2.24, 2.45) is 0 Å². The van der Waals surface area contributed by atoms with E-state index in [0.717, 1.165) is 28.7 Å². The van der Waals surface area contributed by atoms with Gasteiger partial charge in [-0.2, -0.15) is 0 Å². The molecule has 0 radical (unpaired) electrons. The zero-order valence-electron chi connectivity index (χ0n) is 10.1. The molecule has 1 heterocycles. The molecule has 0 atom stereocenters. The Kier molecular flexibility index (Phi) is 3.28. The second kappa shape index (κ2) is 4.53. The third-order valence-corrected chi connectivity index (χ3v) is 4.29. The molecule has 1 aliphatic rings. The summed E-state index contributed by atoms with van der Waals surface area (Å²) < 4.78 is 0. The van der Waals surface area contributed by atoms with E-state index in [2.05, 4.69) is 4.98 Å². The molecule has 0 N–H and O–H groups in total. The minimum atomic E-state index is 0.145. The van der Waals surface area contributed by atoms with E-state index >= 15 is 0 Å². The zero-order chi connectivity index (χ0) is 11.7.